The zero-order valence-electron chi connectivity index (χ0n) is 14.5. The second-order valence-electron chi connectivity index (χ2n) is 6.62. The molecular weight excluding hydrogens is 310 g/mol. The third-order valence-electron chi connectivity index (χ3n) is 3.61. The molecule has 0 heterocycles. The summed E-state index contributed by atoms with van der Waals surface area (Å²) in [7, 11) is -3.09. The van der Waals surface area contributed by atoms with E-state index < -0.39 is 9.84 Å². The minimum atomic E-state index is -3.09. The van der Waals surface area contributed by atoms with E-state index in [2.05, 4.69) is 19.2 Å². The molecule has 130 valence electrons. The summed E-state index contributed by atoms with van der Waals surface area (Å²) in [6.07, 6.45) is 7.02. The Balaban J connectivity index is 2.33. The molecule has 0 unspecified atom stereocenters. The van der Waals surface area contributed by atoms with E-state index >= 15 is 0 Å². The number of hydrogen-bond acceptors (Lipinski definition) is 3. The Morgan fingerprint density at radius 1 is 1.13 bits per heavy atom. The van der Waals surface area contributed by atoms with Gasteiger partial charge in [-0.15, -0.1) is 0 Å². The van der Waals surface area contributed by atoms with Crippen molar-refractivity contribution in [2.75, 3.05) is 12.8 Å². The molecule has 0 aromatic heterocycles. The van der Waals surface area contributed by atoms with E-state index in [1.165, 1.54) is 25.5 Å². The molecule has 0 spiro atoms. The number of sulfone groups is 1. The maximum Gasteiger partial charge on any atom is 0.251 e. The lowest BCUT2D eigenvalue weighted by Crippen LogP contribution is -2.24. The van der Waals surface area contributed by atoms with E-state index in [0.29, 0.717) is 17.7 Å². The molecule has 1 N–H and O–H groups in total. The van der Waals surface area contributed by atoms with Crippen LogP contribution in [0.3, 0.4) is 0 Å². The minimum absolute atomic E-state index is 0.0377. The second kappa shape index (κ2) is 9.71. The number of unbranched alkanes of at least 4 members (excludes halogenated alkanes) is 3. The van der Waals surface area contributed by atoms with Crippen LogP contribution >= 0.6 is 0 Å². The monoisotopic (exact) mass is 339 g/mol. The molecule has 0 saturated heterocycles. The van der Waals surface area contributed by atoms with Crippen molar-refractivity contribution in [2.24, 2.45) is 5.92 Å². The van der Waals surface area contributed by atoms with E-state index in [4.69, 9.17) is 0 Å². The van der Waals surface area contributed by atoms with Gasteiger partial charge < -0.3 is 5.32 Å². The van der Waals surface area contributed by atoms with E-state index in [-0.39, 0.29) is 11.7 Å². The first kappa shape index (κ1) is 19.7. The first-order valence-electron chi connectivity index (χ1n) is 8.33. The summed E-state index contributed by atoms with van der Waals surface area (Å²) >= 11 is 0. The molecule has 0 bridgehead atoms. The predicted molar refractivity (Wildman–Crippen MR) is 95.2 cm³/mol. The summed E-state index contributed by atoms with van der Waals surface area (Å²) in [5.74, 6) is 0.584. The predicted octanol–water partition coefficient (Wildman–Crippen LogP) is 3.57. The summed E-state index contributed by atoms with van der Waals surface area (Å²) < 4.78 is 22.6. The van der Waals surface area contributed by atoms with Crippen LogP contribution < -0.4 is 5.32 Å². The highest BCUT2D eigenvalue weighted by atomic mass is 32.2. The number of benzene rings is 1. The fraction of sp³-hybridized carbons (Fsp3) is 0.611. The molecule has 23 heavy (non-hydrogen) atoms. The Kier molecular flexibility index (Phi) is 8.31. The molecule has 0 saturated carbocycles. The Hall–Kier alpha value is -1.36. The largest absolute Gasteiger partial charge is 0.352 e. The molecule has 1 rings (SSSR count). The SMILES string of the molecule is CC(C)CCCCCCNC(=O)c1cccc(CS(C)(=O)=O)c1. The summed E-state index contributed by atoms with van der Waals surface area (Å²) in [4.78, 5) is 12.1. The van der Waals surface area contributed by atoms with Crippen LogP contribution in [0.1, 0.15) is 61.9 Å². The van der Waals surface area contributed by atoms with Gasteiger partial charge in [0.1, 0.15) is 0 Å². The van der Waals surface area contributed by atoms with Gasteiger partial charge in [0, 0.05) is 18.4 Å². The number of rotatable bonds is 10. The molecule has 1 aromatic rings. The molecule has 1 aromatic carbocycles. The third-order valence-corrected chi connectivity index (χ3v) is 4.47. The zero-order chi connectivity index (χ0) is 17.3. The first-order chi connectivity index (χ1) is 10.8. The highest BCUT2D eigenvalue weighted by Gasteiger charge is 2.09. The highest BCUT2D eigenvalue weighted by molar-refractivity contribution is 7.89. The Morgan fingerprint density at radius 3 is 2.48 bits per heavy atom. The number of carbonyl (C=O) groups is 1. The van der Waals surface area contributed by atoms with Crippen LogP contribution in [0.25, 0.3) is 0 Å². The molecule has 5 heteroatoms. The summed E-state index contributed by atoms with van der Waals surface area (Å²) in [5, 5.41) is 2.90. The van der Waals surface area contributed by atoms with Gasteiger partial charge in [-0.3, -0.25) is 4.79 Å². The van der Waals surface area contributed by atoms with E-state index in [1.54, 1.807) is 24.3 Å². The van der Waals surface area contributed by atoms with Crippen LogP contribution in [0.15, 0.2) is 24.3 Å². The van der Waals surface area contributed by atoms with Gasteiger partial charge in [0.2, 0.25) is 0 Å². The van der Waals surface area contributed by atoms with Gasteiger partial charge >= 0.3 is 0 Å². The Bertz CT molecular complexity index is 594. The molecule has 0 atom stereocenters. The van der Waals surface area contributed by atoms with Crippen LogP contribution in [0, 0.1) is 5.92 Å². The molecule has 4 nitrogen and oxygen atoms in total. The Labute approximate surface area is 140 Å². The van der Waals surface area contributed by atoms with Gasteiger partial charge in [-0.2, -0.15) is 0 Å². The van der Waals surface area contributed by atoms with Gasteiger partial charge in [0.25, 0.3) is 5.91 Å². The summed E-state index contributed by atoms with van der Waals surface area (Å²) in [5.41, 5.74) is 1.17. The molecule has 0 fully saturated rings. The fourth-order valence-electron chi connectivity index (χ4n) is 2.44. The second-order valence-corrected chi connectivity index (χ2v) is 8.76. The van der Waals surface area contributed by atoms with Crippen molar-refractivity contribution < 1.29 is 13.2 Å². The van der Waals surface area contributed by atoms with Crippen LogP contribution in [-0.2, 0) is 15.6 Å². The highest BCUT2D eigenvalue weighted by Crippen LogP contribution is 2.10. The van der Waals surface area contributed by atoms with Gasteiger partial charge in [-0.05, 0) is 30.0 Å². The quantitative estimate of drug-likeness (QED) is 0.663. The van der Waals surface area contributed by atoms with Crippen molar-refractivity contribution in [1.29, 1.82) is 0 Å². The number of carbonyl (C=O) groups excluding carboxylic acids is 1. The molecule has 0 aliphatic heterocycles. The third kappa shape index (κ3) is 9.39. The smallest absolute Gasteiger partial charge is 0.251 e. The first-order valence-corrected chi connectivity index (χ1v) is 10.4. The molecule has 1 amide bonds. The lowest BCUT2D eigenvalue weighted by atomic mass is 10.0. The standard InChI is InChI=1S/C18H29NO3S/c1-15(2)9-6-4-5-7-12-19-18(20)17-11-8-10-16(13-17)14-23(3,21)22/h8,10-11,13,15H,4-7,9,12,14H2,1-3H3,(H,19,20). The number of nitrogens with one attached hydrogen (secondary N) is 1. The lowest BCUT2D eigenvalue weighted by Gasteiger charge is -2.07. The van der Waals surface area contributed by atoms with Crippen molar-refractivity contribution in [2.45, 2.75) is 51.7 Å². The van der Waals surface area contributed by atoms with Crippen molar-refractivity contribution in [1.82, 2.24) is 5.32 Å². The van der Waals surface area contributed by atoms with Gasteiger partial charge in [-0.25, -0.2) is 8.42 Å². The Morgan fingerprint density at radius 2 is 1.83 bits per heavy atom. The topological polar surface area (TPSA) is 63.2 Å². The van der Waals surface area contributed by atoms with E-state index in [1.807, 2.05) is 0 Å². The van der Waals surface area contributed by atoms with Crippen molar-refractivity contribution in [3.63, 3.8) is 0 Å². The number of amides is 1. The lowest BCUT2D eigenvalue weighted by molar-refractivity contribution is 0.0953. The van der Waals surface area contributed by atoms with Crippen molar-refractivity contribution in [3.8, 4) is 0 Å². The van der Waals surface area contributed by atoms with Gasteiger partial charge in [0.05, 0.1) is 5.75 Å². The molecule has 0 aliphatic carbocycles. The maximum atomic E-state index is 12.1. The fourth-order valence-corrected chi connectivity index (χ4v) is 3.23. The molecular formula is C18H29NO3S. The van der Waals surface area contributed by atoms with Crippen LogP contribution in [0.5, 0.6) is 0 Å². The van der Waals surface area contributed by atoms with Crippen molar-refractivity contribution in [3.05, 3.63) is 35.4 Å². The van der Waals surface area contributed by atoms with Crippen LogP contribution in [0.2, 0.25) is 0 Å². The minimum Gasteiger partial charge on any atom is -0.352 e. The average molecular weight is 340 g/mol. The van der Waals surface area contributed by atoms with E-state index in [9.17, 15) is 13.2 Å². The maximum absolute atomic E-state index is 12.1. The molecule has 0 aliphatic rings. The average Bonchev–Trinajstić information content (AvgIpc) is 2.44. The summed E-state index contributed by atoms with van der Waals surface area (Å²) in [6.45, 7) is 5.13. The van der Waals surface area contributed by atoms with Gasteiger partial charge in [0.15, 0.2) is 9.84 Å². The van der Waals surface area contributed by atoms with Crippen LogP contribution in [0.4, 0.5) is 0 Å². The van der Waals surface area contributed by atoms with E-state index in [0.717, 1.165) is 18.8 Å². The van der Waals surface area contributed by atoms with Crippen LogP contribution in [-0.4, -0.2) is 27.1 Å². The zero-order valence-corrected chi connectivity index (χ0v) is 15.3. The summed E-state index contributed by atoms with van der Waals surface area (Å²) in [6, 6.07) is 6.82. The molecule has 0 radical (unpaired) electrons. The van der Waals surface area contributed by atoms with Gasteiger partial charge in [-0.1, -0.05) is 51.7 Å². The van der Waals surface area contributed by atoms with Crippen molar-refractivity contribution >= 4 is 15.7 Å². The number of hydrogen-bond donors (Lipinski definition) is 1. The normalized spacial score (nSPS) is 11.7.